The van der Waals surface area contributed by atoms with E-state index in [1.807, 2.05) is 25.4 Å². The van der Waals surface area contributed by atoms with Gasteiger partial charge in [0.2, 0.25) is 29.6 Å². The summed E-state index contributed by atoms with van der Waals surface area (Å²) in [6.07, 6.45) is 19.4. The Labute approximate surface area is 411 Å². The largest absolute Gasteiger partial charge is 0.462 e. The van der Waals surface area contributed by atoms with Crippen LogP contribution in [0.1, 0.15) is 119 Å². The number of aromatic nitrogens is 5. The SMILES string of the molecule is CCOC(=O)c1cnc(Nc2cnn(C)c2)nc1NC1CCC(N2CCN(C(=O)C3CCC(C(=O)N4CCC(CCCN5CCN(c6ccc(C7CCC(=O)NC7=O)cn6)CC5)CC4)CC3)CC2)CC1. The van der Waals surface area contributed by atoms with Gasteiger partial charge in [-0.25, -0.2) is 14.8 Å². The van der Waals surface area contributed by atoms with E-state index in [4.69, 9.17) is 4.74 Å². The summed E-state index contributed by atoms with van der Waals surface area (Å²) < 4.78 is 7.00. The van der Waals surface area contributed by atoms with E-state index < -0.39 is 5.97 Å². The highest BCUT2D eigenvalue weighted by molar-refractivity contribution is 6.01. The lowest BCUT2D eigenvalue weighted by Gasteiger charge is -2.43. The predicted octanol–water partition coefficient (Wildman–Crippen LogP) is 4.56. The number of esters is 1. The number of hydrogen-bond acceptors (Lipinski definition) is 15. The van der Waals surface area contributed by atoms with Crippen LogP contribution >= 0.6 is 0 Å². The van der Waals surface area contributed by atoms with Crippen molar-refractivity contribution in [2.45, 2.75) is 115 Å². The number of hydrogen-bond donors (Lipinski definition) is 3. The number of piperidine rings is 2. The standard InChI is InChI=1S/C51H73N13O6/c1-3-70-50(69)43-33-53-51(56-40-32-54-59(2)34-40)58-46(43)55-39-11-13-41(14-12-39)61-27-29-64(30-28-61)49(68)37-8-6-36(7-9-37)48(67)63-21-18-35(19-22-63)5-4-20-60-23-25-62(26-24-60)44-16-10-38(31-52-44)42-15-17-45(65)57-47(42)66/h10,16,31-37,39,41-42H,3-9,11-15,17-30H2,1-2H3,(H,57,65,66)(H2,53,55,56,58). The molecule has 0 radical (unpaired) electrons. The molecule has 19 nitrogen and oxygen atoms in total. The molecule has 2 aliphatic carbocycles. The van der Waals surface area contributed by atoms with Crippen molar-refractivity contribution in [3.05, 3.63) is 48.0 Å². The summed E-state index contributed by atoms with van der Waals surface area (Å²) in [6.45, 7) is 11.9. The number of anilines is 4. The van der Waals surface area contributed by atoms with E-state index in [9.17, 15) is 24.0 Å². The molecule has 19 heteroatoms. The van der Waals surface area contributed by atoms with Gasteiger partial charge >= 0.3 is 5.97 Å². The van der Waals surface area contributed by atoms with Crippen LogP contribution in [0.3, 0.4) is 0 Å². The number of likely N-dealkylation sites (tertiary alicyclic amines) is 1. The van der Waals surface area contributed by atoms with Gasteiger partial charge in [0.1, 0.15) is 17.2 Å². The van der Waals surface area contributed by atoms with E-state index in [0.29, 0.717) is 48.0 Å². The molecule has 3 N–H and O–H groups in total. The minimum Gasteiger partial charge on any atom is -0.462 e. The normalized spacial score (nSPS) is 25.3. The van der Waals surface area contributed by atoms with E-state index in [2.05, 4.69) is 60.5 Å². The van der Waals surface area contributed by atoms with Gasteiger partial charge < -0.3 is 30.1 Å². The van der Waals surface area contributed by atoms with Gasteiger partial charge in [0.25, 0.3) is 0 Å². The Morgan fingerprint density at radius 1 is 0.771 bits per heavy atom. The van der Waals surface area contributed by atoms with Crippen molar-refractivity contribution >= 4 is 52.9 Å². The zero-order valence-electron chi connectivity index (χ0n) is 41.2. The summed E-state index contributed by atoms with van der Waals surface area (Å²) in [4.78, 5) is 89.4. The molecule has 1 unspecified atom stereocenters. The van der Waals surface area contributed by atoms with Gasteiger partial charge in [0, 0.05) is 121 Å². The Bertz CT molecular complexity index is 2270. The van der Waals surface area contributed by atoms with E-state index in [-0.39, 0.29) is 48.1 Å². The number of ether oxygens (including phenoxy) is 1. The quantitative estimate of drug-likeness (QED) is 0.141. The first-order chi connectivity index (χ1) is 34.1. The molecule has 6 aliphatic rings. The maximum Gasteiger partial charge on any atom is 0.343 e. The lowest BCUT2D eigenvalue weighted by Crippen LogP contribution is -2.54. The molecule has 2 saturated carbocycles. The monoisotopic (exact) mass is 964 g/mol. The van der Waals surface area contributed by atoms with Crippen molar-refractivity contribution in [1.82, 2.24) is 49.6 Å². The number of nitrogens with one attached hydrogen (secondary N) is 3. The van der Waals surface area contributed by atoms with Gasteiger partial charge in [-0.15, -0.1) is 0 Å². The molecule has 0 spiro atoms. The van der Waals surface area contributed by atoms with Gasteiger partial charge in [0.05, 0.1) is 24.4 Å². The van der Waals surface area contributed by atoms with Crippen LogP contribution in [0.15, 0.2) is 36.9 Å². The van der Waals surface area contributed by atoms with Crippen LogP contribution in [0, 0.1) is 17.8 Å². The molecule has 7 heterocycles. The number of pyridine rings is 1. The van der Waals surface area contributed by atoms with Gasteiger partial charge in [-0.1, -0.05) is 6.07 Å². The fourth-order valence-corrected chi connectivity index (χ4v) is 11.8. The lowest BCUT2D eigenvalue weighted by atomic mass is 9.80. The van der Waals surface area contributed by atoms with Crippen molar-refractivity contribution in [3.8, 4) is 0 Å². The Morgan fingerprint density at radius 2 is 1.47 bits per heavy atom. The zero-order chi connectivity index (χ0) is 48.6. The van der Waals surface area contributed by atoms with Crippen LogP contribution in [0.25, 0.3) is 0 Å². The van der Waals surface area contributed by atoms with Crippen LogP contribution < -0.4 is 20.9 Å². The third-order valence-electron chi connectivity index (χ3n) is 16.0. The molecule has 9 rings (SSSR count). The van der Waals surface area contributed by atoms with E-state index >= 15 is 0 Å². The Balaban J connectivity index is 0.632. The predicted molar refractivity (Wildman–Crippen MR) is 264 cm³/mol. The first-order valence-electron chi connectivity index (χ1n) is 26.2. The number of imide groups is 1. The van der Waals surface area contributed by atoms with Crippen molar-refractivity contribution in [2.24, 2.45) is 24.8 Å². The first kappa shape index (κ1) is 49.3. The fraction of sp³-hybridized carbons (Fsp3) is 0.667. The summed E-state index contributed by atoms with van der Waals surface area (Å²) in [6, 6.07) is 4.60. The third kappa shape index (κ3) is 12.2. The molecule has 3 aromatic rings. The molecule has 6 fully saturated rings. The van der Waals surface area contributed by atoms with Crippen LogP contribution in [0.2, 0.25) is 0 Å². The molecular weight excluding hydrogens is 891 g/mol. The fourth-order valence-electron chi connectivity index (χ4n) is 11.8. The molecule has 0 bridgehead atoms. The summed E-state index contributed by atoms with van der Waals surface area (Å²) >= 11 is 0. The van der Waals surface area contributed by atoms with Crippen molar-refractivity contribution < 1.29 is 28.7 Å². The van der Waals surface area contributed by atoms with E-state index in [1.54, 1.807) is 24.0 Å². The van der Waals surface area contributed by atoms with E-state index in [1.165, 1.54) is 19.0 Å². The topological polar surface area (TPSA) is 203 Å². The number of piperazine rings is 2. The van der Waals surface area contributed by atoms with Crippen molar-refractivity contribution in [3.63, 3.8) is 0 Å². The van der Waals surface area contributed by atoms with Gasteiger partial charge in [0.15, 0.2) is 0 Å². The van der Waals surface area contributed by atoms with Gasteiger partial charge in [-0.05, 0) is 114 Å². The lowest BCUT2D eigenvalue weighted by molar-refractivity contribution is -0.143. The molecule has 0 aromatic carbocycles. The van der Waals surface area contributed by atoms with Crippen molar-refractivity contribution in [2.75, 3.05) is 94.1 Å². The summed E-state index contributed by atoms with van der Waals surface area (Å²) in [5, 5.41) is 13.3. The van der Waals surface area contributed by atoms with Crippen LogP contribution in [0.5, 0.6) is 0 Å². The molecule has 378 valence electrons. The summed E-state index contributed by atoms with van der Waals surface area (Å²) in [5.74, 6) is 1.88. The highest BCUT2D eigenvalue weighted by Gasteiger charge is 2.37. The Morgan fingerprint density at radius 3 is 2.10 bits per heavy atom. The van der Waals surface area contributed by atoms with Crippen LogP contribution in [-0.2, 0) is 31.0 Å². The highest BCUT2D eigenvalue weighted by atomic mass is 16.5. The first-order valence-corrected chi connectivity index (χ1v) is 26.2. The van der Waals surface area contributed by atoms with Crippen molar-refractivity contribution in [1.29, 1.82) is 0 Å². The average Bonchev–Trinajstić information content (AvgIpc) is 3.80. The number of carbonyl (C=O) groups excluding carboxylic acids is 5. The second-order valence-electron chi connectivity index (χ2n) is 20.5. The molecule has 70 heavy (non-hydrogen) atoms. The highest BCUT2D eigenvalue weighted by Crippen LogP contribution is 2.34. The maximum absolute atomic E-state index is 13.8. The molecular formula is C51H73N13O6. The second-order valence-corrected chi connectivity index (χ2v) is 20.5. The summed E-state index contributed by atoms with van der Waals surface area (Å²) in [7, 11) is 1.84. The number of aryl methyl sites for hydroxylation is 1. The van der Waals surface area contributed by atoms with Crippen LogP contribution in [0.4, 0.5) is 23.3 Å². The molecule has 1 atom stereocenters. The minimum atomic E-state index is -0.451. The third-order valence-corrected chi connectivity index (χ3v) is 16.0. The number of carbonyl (C=O) groups is 5. The minimum absolute atomic E-state index is 0.0160. The van der Waals surface area contributed by atoms with Gasteiger partial charge in [-0.3, -0.25) is 39.0 Å². The number of amides is 4. The van der Waals surface area contributed by atoms with E-state index in [0.717, 1.165) is 153 Å². The Kier molecular flexibility index (Phi) is 16.2. The van der Waals surface area contributed by atoms with Gasteiger partial charge in [-0.2, -0.15) is 10.1 Å². The maximum atomic E-state index is 13.8. The second kappa shape index (κ2) is 23.0. The molecule has 4 amide bonds. The zero-order valence-corrected chi connectivity index (χ0v) is 41.2. The number of rotatable bonds is 15. The Hall–Kier alpha value is -5.69. The summed E-state index contributed by atoms with van der Waals surface area (Å²) in [5.41, 5.74) is 1.93. The average molecular weight is 964 g/mol. The smallest absolute Gasteiger partial charge is 0.343 e. The molecule has 4 saturated heterocycles. The molecule has 4 aliphatic heterocycles. The van der Waals surface area contributed by atoms with Crippen LogP contribution in [-0.4, -0.2) is 165 Å². The molecule has 3 aromatic heterocycles. The number of nitrogens with zero attached hydrogens (tertiary/aromatic N) is 10.